The van der Waals surface area contributed by atoms with E-state index in [9.17, 15) is 0 Å². The van der Waals surface area contributed by atoms with Gasteiger partial charge in [-0.1, -0.05) is 73.5 Å². The van der Waals surface area contributed by atoms with E-state index in [1.54, 1.807) is 0 Å². The van der Waals surface area contributed by atoms with E-state index in [-0.39, 0.29) is 11.0 Å². The summed E-state index contributed by atoms with van der Waals surface area (Å²) in [5.74, 6) is 0. The van der Waals surface area contributed by atoms with Crippen molar-refractivity contribution in [2.75, 3.05) is 0 Å². The average Bonchev–Trinajstić information content (AvgIpc) is 2.72. The highest BCUT2D eigenvalue weighted by molar-refractivity contribution is 6.03. The second-order valence-electron chi connectivity index (χ2n) is 8.49. The molecule has 1 heterocycles. The third-order valence-corrected chi connectivity index (χ3v) is 5.89. The van der Waals surface area contributed by atoms with E-state index in [1.165, 1.54) is 27.8 Å². The van der Waals surface area contributed by atoms with Crippen molar-refractivity contribution < 1.29 is 0 Å². The summed E-state index contributed by atoms with van der Waals surface area (Å²) in [6.45, 7) is 15.3. The lowest BCUT2D eigenvalue weighted by Gasteiger charge is -2.33. The van der Waals surface area contributed by atoms with Crippen molar-refractivity contribution in [3.63, 3.8) is 0 Å². The number of aliphatic imine (C=N–C) groups is 1. The number of hydrogen-bond donors (Lipinski definition) is 0. The average molecular weight is 344 g/mol. The highest BCUT2D eigenvalue weighted by Crippen LogP contribution is 2.46. The molecule has 0 saturated heterocycles. The normalized spacial score (nSPS) is 17.7. The van der Waals surface area contributed by atoms with Gasteiger partial charge in [-0.15, -0.1) is 5.73 Å². The zero-order valence-electron chi connectivity index (χ0n) is 17.1. The molecule has 0 fully saturated rings. The van der Waals surface area contributed by atoms with Gasteiger partial charge in [-0.25, -0.2) is 0 Å². The van der Waals surface area contributed by atoms with Crippen LogP contribution in [-0.4, -0.2) is 11.3 Å². The first-order valence-electron chi connectivity index (χ1n) is 9.34. The molecule has 26 heavy (non-hydrogen) atoms. The molecule has 0 N–H and O–H groups in total. The lowest BCUT2D eigenvalue weighted by atomic mass is 9.71. The van der Waals surface area contributed by atoms with E-state index in [0.29, 0.717) is 0 Å². The summed E-state index contributed by atoms with van der Waals surface area (Å²) in [5.41, 5.74) is 12.0. The van der Waals surface area contributed by atoms with E-state index < -0.39 is 0 Å². The van der Waals surface area contributed by atoms with E-state index in [1.807, 2.05) is 0 Å². The summed E-state index contributed by atoms with van der Waals surface area (Å²) in [7, 11) is 0. The third-order valence-electron chi connectivity index (χ3n) is 5.89. The zero-order chi connectivity index (χ0) is 19.1. The summed E-state index contributed by atoms with van der Waals surface area (Å²) >= 11 is 0. The standard InChI is InChI=1S/C25H29N/c1-17-8-12-20(13-9-17)22(21-14-10-18(2)11-15-21)16-23-19(3)26-25(6,7)24(23,4)5/h8-15H,1-7H3. The van der Waals surface area contributed by atoms with Crippen LogP contribution in [-0.2, 0) is 0 Å². The van der Waals surface area contributed by atoms with Crippen LogP contribution in [0.15, 0.2) is 64.8 Å². The number of nitrogens with zero attached hydrogens (tertiary/aromatic N) is 1. The van der Waals surface area contributed by atoms with Crippen LogP contribution in [0.1, 0.15) is 56.9 Å². The number of rotatable bonds is 2. The molecule has 1 nitrogen and oxygen atoms in total. The maximum Gasteiger partial charge on any atom is 0.0653 e. The van der Waals surface area contributed by atoms with Crippen LogP contribution < -0.4 is 0 Å². The van der Waals surface area contributed by atoms with Crippen molar-refractivity contribution in [2.24, 2.45) is 10.4 Å². The SMILES string of the molecule is CC1=NC(C)(C)C(C)(C)C1=C=C(c1ccc(C)cc1)c1ccc(C)cc1. The Balaban J connectivity index is 2.30. The van der Waals surface area contributed by atoms with Crippen molar-refractivity contribution in [1.29, 1.82) is 0 Å². The van der Waals surface area contributed by atoms with E-state index in [0.717, 1.165) is 11.3 Å². The van der Waals surface area contributed by atoms with Gasteiger partial charge in [0.2, 0.25) is 0 Å². The smallest absolute Gasteiger partial charge is 0.0653 e. The molecule has 2 aromatic carbocycles. The van der Waals surface area contributed by atoms with E-state index in [2.05, 4.69) is 103 Å². The van der Waals surface area contributed by atoms with Gasteiger partial charge in [0, 0.05) is 22.3 Å². The molecule has 0 atom stereocenters. The Morgan fingerprint density at radius 1 is 0.731 bits per heavy atom. The Morgan fingerprint density at radius 2 is 1.15 bits per heavy atom. The van der Waals surface area contributed by atoms with Crippen LogP contribution >= 0.6 is 0 Å². The van der Waals surface area contributed by atoms with Gasteiger partial charge in [0.15, 0.2) is 0 Å². The molecular weight excluding hydrogens is 314 g/mol. The molecule has 0 saturated carbocycles. The summed E-state index contributed by atoms with van der Waals surface area (Å²) in [6, 6.07) is 17.4. The van der Waals surface area contributed by atoms with Crippen LogP contribution in [0, 0.1) is 19.3 Å². The molecule has 0 bridgehead atoms. The van der Waals surface area contributed by atoms with Crippen LogP contribution in [0.2, 0.25) is 0 Å². The van der Waals surface area contributed by atoms with Crippen molar-refractivity contribution in [3.8, 4) is 0 Å². The first-order chi connectivity index (χ1) is 12.1. The molecule has 0 unspecified atom stereocenters. The van der Waals surface area contributed by atoms with E-state index >= 15 is 0 Å². The second-order valence-corrected chi connectivity index (χ2v) is 8.49. The van der Waals surface area contributed by atoms with Crippen LogP contribution in [0.4, 0.5) is 0 Å². The minimum absolute atomic E-state index is 0.0578. The highest BCUT2D eigenvalue weighted by Gasteiger charge is 2.45. The van der Waals surface area contributed by atoms with Crippen molar-refractivity contribution in [3.05, 3.63) is 82.1 Å². The summed E-state index contributed by atoms with van der Waals surface area (Å²) in [6.07, 6.45) is 0. The summed E-state index contributed by atoms with van der Waals surface area (Å²) < 4.78 is 0. The molecule has 0 spiro atoms. The van der Waals surface area contributed by atoms with Crippen LogP contribution in [0.3, 0.4) is 0 Å². The second kappa shape index (κ2) is 6.41. The largest absolute Gasteiger partial charge is 0.282 e. The molecule has 3 rings (SSSR count). The number of benzene rings is 2. The minimum atomic E-state index is -0.120. The van der Waals surface area contributed by atoms with Crippen molar-refractivity contribution in [1.82, 2.24) is 0 Å². The number of aryl methyl sites for hydroxylation is 2. The highest BCUT2D eigenvalue weighted by atomic mass is 14.9. The maximum absolute atomic E-state index is 4.93. The molecule has 0 amide bonds. The van der Waals surface area contributed by atoms with Gasteiger partial charge < -0.3 is 0 Å². The van der Waals surface area contributed by atoms with E-state index in [4.69, 9.17) is 4.99 Å². The van der Waals surface area contributed by atoms with Crippen molar-refractivity contribution in [2.45, 2.75) is 54.0 Å². The van der Waals surface area contributed by atoms with Gasteiger partial charge in [0.1, 0.15) is 0 Å². The van der Waals surface area contributed by atoms with Gasteiger partial charge in [0.25, 0.3) is 0 Å². The summed E-state index contributed by atoms with van der Waals surface area (Å²) in [4.78, 5) is 4.93. The minimum Gasteiger partial charge on any atom is -0.282 e. The first kappa shape index (κ1) is 18.4. The predicted octanol–water partition coefficient (Wildman–Crippen LogP) is 6.54. The predicted molar refractivity (Wildman–Crippen MR) is 113 cm³/mol. The topological polar surface area (TPSA) is 12.4 Å². The van der Waals surface area contributed by atoms with Crippen molar-refractivity contribution >= 4 is 11.3 Å². The zero-order valence-corrected chi connectivity index (χ0v) is 17.1. The molecule has 0 aromatic heterocycles. The van der Waals surface area contributed by atoms with Crippen LogP contribution in [0.5, 0.6) is 0 Å². The molecule has 1 aliphatic heterocycles. The van der Waals surface area contributed by atoms with Gasteiger partial charge in [0.05, 0.1) is 5.54 Å². The fourth-order valence-corrected chi connectivity index (χ4v) is 3.50. The third kappa shape index (κ3) is 3.20. The Kier molecular flexibility index (Phi) is 4.54. The Bertz CT molecular complexity index is 866. The van der Waals surface area contributed by atoms with Gasteiger partial charge in [-0.3, -0.25) is 4.99 Å². The maximum atomic E-state index is 4.93. The van der Waals surface area contributed by atoms with Gasteiger partial charge in [-0.05, 0) is 45.7 Å². The van der Waals surface area contributed by atoms with Gasteiger partial charge >= 0.3 is 0 Å². The molecule has 0 aliphatic carbocycles. The molecular formula is C25H29N. The molecule has 134 valence electrons. The molecule has 1 heteroatoms. The lowest BCUT2D eigenvalue weighted by molar-refractivity contribution is 0.284. The Morgan fingerprint density at radius 3 is 1.50 bits per heavy atom. The molecule has 0 radical (unpaired) electrons. The van der Waals surface area contributed by atoms with Gasteiger partial charge in [-0.2, -0.15) is 0 Å². The fourth-order valence-electron chi connectivity index (χ4n) is 3.50. The monoisotopic (exact) mass is 343 g/mol. The Hall–Kier alpha value is -2.37. The fraction of sp³-hybridized carbons (Fsp3) is 0.360. The lowest BCUT2D eigenvalue weighted by Crippen LogP contribution is -2.34. The number of hydrogen-bond acceptors (Lipinski definition) is 1. The summed E-state index contributed by atoms with van der Waals surface area (Å²) in [5, 5.41) is 0. The first-order valence-corrected chi connectivity index (χ1v) is 9.34. The van der Waals surface area contributed by atoms with Crippen LogP contribution in [0.25, 0.3) is 5.57 Å². The molecule has 1 aliphatic rings. The quantitative estimate of drug-likeness (QED) is 0.549. The Labute approximate surface area is 158 Å². The molecule has 2 aromatic rings.